The first-order chi connectivity index (χ1) is 14.5. The number of rotatable bonds is 8. The fraction of sp³-hybridized carbons (Fsp3) is 0.261. The summed E-state index contributed by atoms with van der Waals surface area (Å²) >= 11 is 0. The number of halogens is 1. The third-order valence-electron chi connectivity index (χ3n) is 4.67. The molecule has 0 atom stereocenters. The number of ether oxygens (including phenoxy) is 1. The van der Waals surface area contributed by atoms with E-state index in [-0.39, 0.29) is 17.8 Å². The van der Waals surface area contributed by atoms with Gasteiger partial charge in [0.15, 0.2) is 0 Å². The molecule has 0 saturated carbocycles. The number of aryl methyl sites for hydroxylation is 1. The smallest absolute Gasteiger partial charge is 0.267 e. The van der Waals surface area contributed by atoms with E-state index in [2.05, 4.69) is 17.3 Å². The quantitative estimate of drug-likeness (QED) is 0.609. The topological polar surface area (TPSA) is 73.2 Å². The number of aromatic nitrogens is 2. The predicted molar refractivity (Wildman–Crippen MR) is 114 cm³/mol. The van der Waals surface area contributed by atoms with Crippen molar-refractivity contribution in [1.82, 2.24) is 9.78 Å². The van der Waals surface area contributed by atoms with Gasteiger partial charge < -0.3 is 10.1 Å². The first-order valence-electron chi connectivity index (χ1n) is 9.81. The van der Waals surface area contributed by atoms with Crippen LogP contribution in [-0.4, -0.2) is 22.8 Å². The molecule has 0 radical (unpaired) electrons. The van der Waals surface area contributed by atoms with Gasteiger partial charge in [-0.1, -0.05) is 25.5 Å². The SMILES string of the molecule is CCCCc1ccc(NC(=O)Cn2nc(-c3ccc(OC)cc3F)ccc2=O)cc1. The molecule has 3 rings (SSSR count). The normalized spacial score (nSPS) is 10.6. The summed E-state index contributed by atoms with van der Waals surface area (Å²) in [5.41, 5.74) is 1.88. The Hall–Kier alpha value is -3.48. The molecule has 0 saturated heterocycles. The molecule has 7 heteroatoms. The van der Waals surface area contributed by atoms with Crippen molar-refractivity contribution in [2.45, 2.75) is 32.7 Å². The zero-order chi connectivity index (χ0) is 21.5. The van der Waals surface area contributed by atoms with E-state index in [1.165, 1.54) is 36.9 Å². The Labute approximate surface area is 174 Å². The van der Waals surface area contributed by atoms with Gasteiger partial charge in [-0.3, -0.25) is 9.59 Å². The summed E-state index contributed by atoms with van der Waals surface area (Å²) in [6, 6.07) is 14.7. The highest BCUT2D eigenvalue weighted by atomic mass is 19.1. The van der Waals surface area contributed by atoms with Crippen molar-refractivity contribution in [3.8, 4) is 17.0 Å². The van der Waals surface area contributed by atoms with E-state index in [1.54, 1.807) is 6.07 Å². The Kier molecular flexibility index (Phi) is 6.95. The molecule has 0 aliphatic heterocycles. The lowest BCUT2D eigenvalue weighted by atomic mass is 10.1. The van der Waals surface area contributed by atoms with Gasteiger partial charge in [0.2, 0.25) is 5.91 Å². The second kappa shape index (κ2) is 9.82. The number of hydrogen-bond donors (Lipinski definition) is 1. The number of amides is 1. The molecule has 2 aromatic carbocycles. The Bertz CT molecular complexity index is 1080. The molecule has 0 aliphatic carbocycles. The Morgan fingerprint density at radius 2 is 1.90 bits per heavy atom. The molecule has 0 spiro atoms. The predicted octanol–water partition coefficient (Wildman–Crippen LogP) is 4.04. The number of benzene rings is 2. The lowest BCUT2D eigenvalue weighted by molar-refractivity contribution is -0.117. The van der Waals surface area contributed by atoms with E-state index < -0.39 is 17.3 Å². The molecule has 0 fully saturated rings. The number of unbranched alkanes of at least 4 members (excludes halogenated alkanes) is 1. The van der Waals surface area contributed by atoms with Crippen LogP contribution in [0.2, 0.25) is 0 Å². The van der Waals surface area contributed by atoms with Crippen LogP contribution in [0.15, 0.2) is 59.4 Å². The third-order valence-corrected chi connectivity index (χ3v) is 4.67. The highest BCUT2D eigenvalue weighted by Gasteiger charge is 2.12. The molecule has 156 valence electrons. The van der Waals surface area contributed by atoms with Gasteiger partial charge in [0, 0.05) is 23.4 Å². The van der Waals surface area contributed by atoms with Gasteiger partial charge in [0.25, 0.3) is 5.56 Å². The van der Waals surface area contributed by atoms with Gasteiger partial charge in [-0.2, -0.15) is 5.10 Å². The van der Waals surface area contributed by atoms with Crippen molar-refractivity contribution in [2.75, 3.05) is 12.4 Å². The molecule has 1 N–H and O–H groups in total. The minimum absolute atomic E-state index is 0.215. The van der Waals surface area contributed by atoms with Crippen molar-refractivity contribution in [1.29, 1.82) is 0 Å². The van der Waals surface area contributed by atoms with Gasteiger partial charge in [-0.05, 0) is 48.7 Å². The molecule has 6 nitrogen and oxygen atoms in total. The second-order valence-corrected chi connectivity index (χ2v) is 6.91. The van der Waals surface area contributed by atoms with Crippen LogP contribution in [0.4, 0.5) is 10.1 Å². The molecule has 0 aliphatic rings. The lowest BCUT2D eigenvalue weighted by Crippen LogP contribution is -2.29. The fourth-order valence-electron chi connectivity index (χ4n) is 3.01. The minimum Gasteiger partial charge on any atom is -0.497 e. The molecule has 30 heavy (non-hydrogen) atoms. The van der Waals surface area contributed by atoms with Crippen LogP contribution in [0.3, 0.4) is 0 Å². The zero-order valence-electron chi connectivity index (χ0n) is 17.0. The van der Waals surface area contributed by atoms with E-state index in [9.17, 15) is 14.0 Å². The van der Waals surface area contributed by atoms with Crippen LogP contribution in [0, 0.1) is 5.82 Å². The number of methoxy groups -OCH3 is 1. The summed E-state index contributed by atoms with van der Waals surface area (Å²) < 4.78 is 20.3. The number of nitrogens with one attached hydrogen (secondary N) is 1. The van der Waals surface area contributed by atoms with Crippen LogP contribution in [0.1, 0.15) is 25.3 Å². The second-order valence-electron chi connectivity index (χ2n) is 6.91. The zero-order valence-corrected chi connectivity index (χ0v) is 17.0. The Morgan fingerprint density at radius 3 is 2.57 bits per heavy atom. The highest BCUT2D eigenvalue weighted by Crippen LogP contribution is 2.24. The summed E-state index contributed by atoms with van der Waals surface area (Å²) in [5, 5.41) is 6.91. The number of nitrogens with zero attached hydrogens (tertiary/aromatic N) is 2. The van der Waals surface area contributed by atoms with Gasteiger partial charge >= 0.3 is 0 Å². The summed E-state index contributed by atoms with van der Waals surface area (Å²) in [5.74, 6) is -0.539. The van der Waals surface area contributed by atoms with E-state index in [0.717, 1.165) is 23.9 Å². The van der Waals surface area contributed by atoms with Crippen LogP contribution in [-0.2, 0) is 17.8 Å². The first kappa shape index (κ1) is 21.2. The van der Waals surface area contributed by atoms with Crippen molar-refractivity contribution in [3.05, 3.63) is 76.3 Å². The van der Waals surface area contributed by atoms with E-state index >= 15 is 0 Å². The van der Waals surface area contributed by atoms with Crippen molar-refractivity contribution < 1.29 is 13.9 Å². The fourth-order valence-corrected chi connectivity index (χ4v) is 3.01. The number of carbonyl (C=O) groups excluding carboxylic acids is 1. The van der Waals surface area contributed by atoms with Crippen LogP contribution < -0.4 is 15.6 Å². The van der Waals surface area contributed by atoms with Gasteiger partial charge in [0.05, 0.1) is 12.8 Å². The standard InChI is InChI=1S/C23H24FN3O3/c1-3-4-5-16-6-8-17(9-7-16)25-22(28)15-27-23(29)13-12-21(26-27)19-11-10-18(30-2)14-20(19)24/h6-14H,3-5,15H2,1-2H3,(H,25,28). The van der Waals surface area contributed by atoms with Gasteiger partial charge in [-0.15, -0.1) is 0 Å². The van der Waals surface area contributed by atoms with Crippen LogP contribution in [0.25, 0.3) is 11.3 Å². The van der Waals surface area contributed by atoms with Gasteiger partial charge in [-0.25, -0.2) is 9.07 Å². The molecule has 1 amide bonds. The third kappa shape index (κ3) is 5.31. The maximum absolute atomic E-state index is 14.3. The van der Waals surface area contributed by atoms with Crippen molar-refractivity contribution >= 4 is 11.6 Å². The molecule has 3 aromatic rings. The van der Waals surface area contributed by atoms with E-state index in [4.69, 9.17) is 4.74 Å². The Balaban J connectivity index is 1.72. The molecular weight excluding hydrogens is 385 g/mol. The average Bonchev–Trinajstić information content (AvgIpc) is 2.75. The lowest BCUT2D eigenvalue weighted by Gasteiger charge is -2.10. The molecular formula is C23H24FN3O3. The van der Waals surface area contributed by atoms with Crippen LogP contribution >= 0.6 is 0 Å². The number of hydrogen-bond acceptors (Lipinski definition) is 4. The van der Waals surface area contributed by atoms with Crippen molar-refractivity contribution in [3.63, 3.8) is 0 Å². The maximum Gasteiger partial charge on any atom is 0.267 e. The van der Waals surface area contributed by atoms with Crippen molar-refractivity contribution in [2.24, 2.45) is 0 Å². The molecule has 1 heterocycles. The maximum atomic E-state index is 14.3. The summed E-state index contributed by atoms with van der Waals surface area (Å²) in [6.45, 7) is 1.87. The molecule has 0 unspecified atom stereocenters. The Morgan fingerprint density at radius 1 is 1.13 bits per heavy atom. The average molecular weight is 409 g/mol. The van der Waals surface area contributed by atoms with Crippen LogP contribution in [0.5, 0.6) is 5.75 Å². The number of carbonyl (C=O) groups is 1. The highest BCUT2D eigenvalue weighted by molar-refractivity contribution is 5.90. The summed E-state index contributed by atoms with van der Waals surface area (Å²) in [7, 11) is 1.45. The monoisotopic (exact) mass is 409 g/mol. The van der Waals surface area contributed by atoms with E-state index in [0.29, 0.717) is 11.4 Å². The largest absolute Gasteiger partial charge is 0.497 e. The van der Waals surface area contributed by atoms with E-state index in [1.807, 2.05) is 24.3 Å². The van der Waals surface area contributed by atoms with Gasteiger partial charge in [0.1, 0.15) is 18.1 Å². The number of anilines is 1. The summed E-state index contributed by atoms with van der Waals surface area (Å²) in [6.07, 6.45) is 3.24. The summed E-state index contributed by atoms with van der Waals surface area (Å²) in [4.78, 5) is 24.5. The first-order valence-corrected chi connectivity index (χ1v) is 9.81. The minimum atomic E-state index is -0.528. The molecule has 1 aromatic heterocycles. The molecule has 0 bridgehead atoms.